The van der Waals surface area contributed by atoms with E-state index in [9.17, 15) is 4.39 Å². The van der Waals surface area contributed by atoms with Crippen molar-refractivity contribution in [3.8, 4) is 11.5 Å². The first-order chi connectivity index (χ1) is 9.51. The second kappa shape index (κ2) is 6.44. The summed E-state index contributed by atoms with van der Waals surface area (Å²) in [6.45, 7) is 1.93. The van der Waals surface area contributed by atoms with Crippen molar-refractivity contribution in [1.82, 2.24) is 5.32 Å². The van der Waals surface area contributed by atoms with Crippen LogP contribution in [0.1, 0.15) is 18.5 Å². The highest BCUT2D eigenvalue weighted by molar-refractivity contribution is 6.42. The fourth-order valence-corrected chi connectivity index (χ4v) is 2.06. The molecule has 0 bridgehead atoms. The summed E-state index contributed by atoms with van der Waals surface area (Å²) < 4.78 is 19.2. The van der Waals surface area contributed by atoms with Crippen molar-refractivity contribution in [3.63, 3.8) is 0 Å². The van der Waals surface area contributed by atoms with Crippen molar-refractivity contribution < 1.29 is 9.13 Å². The van der Waals surface area contributed by atoms with E-state index in [0.717, 1.165) is 5.56 Å². The molecule has 1 unspecified atom stereocenters. The van der Waals surface area contributed by atoms with Gasteiger partial charge in [0.25, 0.3) is 0 Å². The van der Waals surface area contributed by atoms with E-state index in [2.05, 4.69) is 5.32 Å². The van der Waals surface area contributed by atoms with Crippen LogP contribution in [0.2, 0.25) is 10.0 Å². The largest absolute Gasteiger partial charge is 0.457 e. The maximum absolute atomic E-state index is 13.4. The predicted molar refractivity (Wildman–Crippen MR) is 80.4 cm³/mol. The van der Waals surface area contributed by atoms with E-state index in [0.29, 0.717) is 21.5 Å². The molecule has 0 aliphatic carbocycles. The van der Waals surface area contributed by atoms with Crippen molar-refractivity contribution in [2.45, 2.75) is 13.0 Å². The molecule has 0 heterocycles. The summed E-state index contributed by atoms with van der Waals surface area (Å²) in [5.41, 5.74) is 0.735. The average Bonchev–Trinajstić information content (AvgIpc) is 2.44. The molecule has 2 aromatic rings. The molecule has 1 atom stereocenters. The van der Waals surface area contributed by atoms with Crippen LogP contribution >= 0.6 is 23.2 Å². The summed E-state index contributed by atoms with van der Waals surface area (Å²) >= 11 is 11.8. The molecule has 0 saturated heterocycles. The van der Waals surface area contributed by atoms with E-state index in [1.807, 2.05) is 6.92 Å². The number of halogens is 3. The number of benzene rings is 2. The first-order valence-corrected chi connectivity index (χ1v) is 6.86. The van der Waals surface area contributed by atoms with E-state index in [-0.39, 0.29) is 11.9 Å². The van der Waals surface area contributed by atoms with Crippen LogP contribution in [0.4, 0.5) is 4.39 Å². The summed E-state index contributed by atoms with van der Waals surface area (Å²) in [4.78, 5) is 0. The van der Waals surface area contributed by atoms with Crippen LogP contribution in [0.25, 0.3) is 0 Å². The average molecular weight is 314 g/mol. The minimum Gasteiger partial charge on any atom is -0.457 e. The minimum atomic E-state index is -0.302. The summed E-state index contributed by atoms with van der Waals surface area (Å²) in [6.07, 6.45) is 0. The van der Waals surface area contributed by atoms with Crippen molar-refractivity contribution in [1.29, 1.82) is 0 Å². The summed E-state index contributed by atoms with van der Waals surface area (Å²) in [7, 11) is 1.80. The lowest BCUT2D eigenvalue weighted by Gasteiger charge is -2.16. The lowest BCUT2D eigenvalue weighted by Crippen LogP contribution is -2.13. The van der Waals surface area contributed by atoms with Crippen LogP contribution in [0.15, 0.2) is 36.4 Å². The van der Waals surface area contributed by atoms with Crippen molar-refractivity contribution in [2.75, 3.05) is 7.05 Å². The molecular weight excluding hydrogens is 300 g/mol. The Bertz CT molecular complexity index is 619. The Balaban J connectivity index is 2.35. The molecule has 2 aromatic carbocycles. The van der Waals surface area contributed by atoms with Crippen molar-refractivity contribution >= 4 is 23.2 Å². The van der Waals surface area contributed by atoms with Gasteiger partial charge in [-0.05, 0) is 44.3 Å². The van der Waals surface area contributed by atoms with Crippen LogP contribution in [0, 0.1) is 5.82 Å². The molecule has 0 spiro atoms. The normalized spacial score (nSPS) is 12.2. The number of rotatable bonds is 4. The molecule has 106 valence electrons. The SMILES string of the molecule is CNC(C)c1cc(F)ccc1Oc1ccc(Cl)c(Cl)c1. The molecule has 0 fully saturated rings. The van der Waals surface area contributed by atoms with E-state index < -0.39 is 0 Å². The van der Waals surface area contributed by atoms with Gasteiger partial charge in [0, 0.05) is 17.7 Å². The molecule has 0 amide bonds. The number of hydrogen-bond donors (Lipinski definition) is 1. The van der Waals surface area contributed by atoms with Gasteiger partial charge < -0.3 is 10.1 Å². The van der Waals surface area contributed by atoms with Gasteiger partial charge in [-0.1, -0.05) is 23.2 Å². The zero-order chi connectivity index (χ0) is 14.7. The Morgan fingerprint density at radius 3 is 2.50 bits per heavy atom. The smallest absolute Gasteiger partial charge is 0.132 e. The number of nitrogens with one attached hydrogen (secondary N) is 1. The molecule has 2 rings (SSSR count). The van der Waals surface area contributed by atoms with Crippen LogP contribution < -0.4 is 10.1 Å². The Labute approximate surface area is 127 Å². The second-order valence-electron chi connectivity index (χ2n) is 4.37. The van der Waals surface area contributed by atoms with Crippen LogP contribution in [0.3, 0.4) is 0 Å². The molecule has 0 aliphatic heterocycles. The second-order valence-corrected chi connectivity index (χ2v) is 5.18. The lowest BCUT2D eigenvalue weighted by atomic mass is 10.1. The van der Waals surface area contributed by atoms with Gasteiger partial charge >= 0.3 is 0 Å². The van der Waals surface area contributed by atoms with E-state index in [1.54, 1.807) is 31.3 Å². The van der Waals surface area contributed by atoms with Gasteiger partial charge in [-0.25, -0.2) is 4.39 Å². The van der Waals surface area contributed by atoms with E-state index >= 15 is 0 Å². The van der Waals surface area contributed by atoms with Gasteiger partial charge in [-0.2, -0.15) is 0 Å². The molecule has 0 aromatic heterocycles. The highest BCUT2D eigenvalue weighted by Gasteiger charge is 2.12. The standard InChI is InChI=1S/C15H14Cl2FNO/c1-9(19-2)12-7-10(18)3-6-15(12)20-11-4-5-13(16)14(17)8-11/h3-9,19H,1-2H3. The maximum atomic E-state index is 13.4. The highest BCUT2D eigenvalue weighted by Crippen LogP contribution is 2.33. The van der Waals surface area contributed by atoms with Crippen molar-refractivity contribution in [2.24, 2.45) is 0 Å². The van der Waals surface area contributed by atoms with Gasteiger partial charge in [0.05, 0.1) is 10.0 Å². The van der Waals surface area contributed by atoms with E-state index in [1.165, 1.54) is 12.1 Å². The summed E-state index contributed by atoms with van der Waals surface area (Å²) in [5.74, 6) is 0.825. The van der Waals surface area contributed by atoms with Gasteiger partial charge in [-0.15, -0.1) is 0 Å². The Morgan fingerprint density at radius 2 is 1.85 bits per heavy atom. The first-order valence-electron chi connectivity index (χ1n) is 6.11. The summed E-state index contributed by atoms with van der Waals surface area (Å²) in [6, 6.07) is 9.37. The molecule has 2 nitrogen and oxygen atoms in total. The Kier molecular flexibility index (Phi) is 4.86. The van der Waals surface area contributed by atoms with Gasteiger partial charge in [0.15, 0.2) is 0 Å². The third kappa shape index (κ3) is 3.42. The molecule has 0 saturated carbocycles. The fraction of sp³-hybridized carbons (Fsp3) is 0.200. The number of hydrogen-bond acceptors (Lipinski definition) is 2. The monoisotopic (exact) mass is 313 g/mol. The molecule has 1 N–H and O–H groups in total. The lowest BCUT2D eigenvalue weighted by molar-refractivity contribution is 0.463. The van der Waals surface area contributed by atoms with Gasteiger partial charge in [0.2, 0.25) is 0 Å². The molecular formula is C15H14Cl2FNO. The Hall–Kier alpha value is -1.29. The predicted octanol–water partition coefficient (Wildman–Crippen LogP) is 5.21. The van der Waals surface area contributed by atoms with Gasteiger partial charge in [-0.3, -0.25) is 0 Å². The molecule has 0 aliphatic rings. The van der Waals surface area contributed by atoms with Crippen LogP contribution in [-0.4, -0.2) is 7.05 Å². The quantitative estimate of drug-likeness (QED) is 0.837. The Morgan fingerprint density at radius 1 is 1.10 bits per heavy atom. The fourth-order valence-electron chi connectivity index (χ4n) is 1.77. The third-order valence-corrected chi connectivity index (χ3v) is 3.73. The molecule has 0 radical (unpaired) electrons. The number of ether oxygens (including phenoxy) is 1. The first kappa shape index (κ1) is 15.1. The topological polar surface area (TPSA) is 21.3 Å². The van der Waals surface area contributed by atoms with Crippen LogP contribution in [0.5, 0.6) is 11.5 Å². The van der Waals surface area contributed by atoms with E-state index in [4.69, 9.17) is 27.9 Å². The third-order valence-electron chi connectivity index (χ3n) is 2.99. The maximum Gasteiger partial charge on any atom is 0.132 e. The van der Waals surface area contributed by atoms with Gasteiger partial charge in [0.1, 0.15) is 17.3 Å². The minimum absolute atomic E-state index is 0.0385. The highest BCUT2D eigenvalue weighted by atomic mass is 35.5. The molecule has 20 heavy (non-hydrogen) atoms. The summed E-state index contributed by atoms with van der Waals surface area (Å²) in [5, 5.41) is 3.93. The zero-order valence-electron chi connectivity index (χ0n) is 11.1. The van der Waals surface area contributed by atoms with Crippen molar-refractivity contribution in [3.05, 3.63) is 57.8 Å². The molecule has 5 heteroatoms. The van der Waals surface area contributed by atoms with Crippen LogP contribution in [-0.2, 0) is 0 Å². The zero-order valence-corrected chi connectivity index (χ0v) is 12.6.